The van der Waals surface area contributed by atoms with Gasteiger partial charge >= 0.3 is 6.18 Å². The van der Waals surface area contributed by atoms with Gasteiger partial charge in [0.05, 0.1) is 11.9 Å². The number of pyridine rings is 1. The highest BCUT2D eigenvalue weighted by Crippen LogP contribution is 2.28. The van der Waals surface area contributed by atoms with E-state index < -0.39 is 17.7 Å². The van der Waals surface area contributed by atoms with Crippen molar-refractivity contribution in [2.45, 2.75) is 6.18 Å². The standard InChI is InChI=1S/C11H8F4N4/c1-16-6-4-7(12)10(17-5-6)8-2-3-9(19-18-8)11(13,14)15/h2-5,16H,1H3. The molecule has 0 radical (unpaired) electrons. The third-order valence-corrected chi connectivity index (χ3v) is 2.33. The van der Waals surface area contributed by atoms with Crippen LogP contribution in [0.2, 0.25) is 0 Å². The lowest BCUT2D eigenvalue weighted by Gasteiger charge is -2.06. The summed E-state index contributed by atoms with van der Waals surface area (Å²) in [5.41, 5.74) is -0.905. The molecule has 0 unspecified atom stereocenters. The van der Waals surface area contributed by atoms with E-state index in [2.05, 4.69) is 20.5 Å². The molecule has 0 atom stereocenters. The molecule has 0 saturated carbocycles. The third kappa shape index (κ3) is 2.78. The first-order valence-corrected chi connectivity index (χ1v) is 5.16. The van der Waals surface area contributed by atoms with Gasteiger partial charge in [0.2, 0.25) is 0 Å². The van der Waals surface area contributed by atoms with Crippen molar-refractivity contribution >= 4 is 5.69 Å². The van der Waals surface area contributed by atoms with Crippen LogP contribution in [0.5, 0.6) is 0 Å². The van der Waals surface area contributed by atoms with Crippen LogP contribution in [0, 0.1) is 5.82 Å². The maximum Gasteiger partial charge on any atom is 0.435 e. The zero-order valence-corrected chi connectivity index (χ0v) is 9.66. The lowest BCUT2D eigenvalue weighted by atomic mass is 10.2. The normalized spacial score (nSPS) is 11.4. The minimum Gasteiger partial charge on any atom is -0.387 e. The predicted octanol–water partition coefficient (Wildman–Crippen LogP) is 2.74. The number of hydrogen-bond donors (Lipinski definition) is 1. The summed E-state index contributed by atoms with van der Waals surface area (Å²) < 4.78 is 50.6. The van der Waals surface area contributed by atoms with E-state index in [0.29, 0.717) is 5.69 Å². The number of rotatable bonds is 2. The van der Waals surface area contributed by atoms with Crippen LogP contribution in [0.15, 0.2) is 24.4 Å². The van der Waals surface area contributed by atoms with Crippen LogP contribution < -0.4 is 5.32 Å². The molecule has 100 valence electrons. The van der Waals surface area contributed by atoms with Crippen molar-refractivity contribution in [1.82, 2.24) is 15.2 Å². The predicted molar refractivity (Wildman–Crippen MR) is 59.8 cm³/mol. The third-order valence-electron chi connectivity index (χ3n) is 2.33. The van der Waals surface area contributed by atoms with Crippen LogP contribution in [0.1, 0.15) is 5.69 Å². The lowest BCUT2D eigenvalue weighted by molar-refractivity contribution is -0.141. The Morgan fingerprint density at radius 1 is 1.16 bits per heavy atom. The Labute approximate surface area is 105 Å². The first kappa shape index (κ1) is 13.2. The number of hydrogen-bond acceptors (Lipinski definition) is 4. The molecule has 0 spiro atoms. The number of nitrogens with zero attached hydrogens (tertiary/aromatic N) is 3. The Morgan fingerprint density at radius 3 is 2.37 bits per heavy atom. The molecule has 0 bridgehead atoms. The molecule has 0 amide bonds. The highest BCUT2D eigenvalue weighted by Gasteiger charge is 2.33. The van der Waals surface area contributed by atoms with E-state index >= 15 is 0 Å². The molecule has 0 aliphatic carbocycles. The van der Waals surface area contributed by atoms with E-state index in [0.717, 1.165) is 12.1 Å². The van der Waals surface area contributed by atoms with Crippen molar-refractivity contribution in [2.24, 2.45) is 0 Å². The monoisotopic (exact) mass is 272 g/mol. The molecular formula is C11H8F4N4. The van der Waals surface area contributed by atoms with E-state index in [4.69, 9.17) is 0 Å². The number of alkyl halides is 3. The molecule has 19 heavy (non-hydrogen) atoms. The van der Waals surface area contributed by atoms with Crippen LogP contribution >= 0.6 is 0 Å². The van der Waals surface area contributed by atoms with E-state index in [1.807, 2.05) is 0 Å². The van der Waals surface area contributed by atoms with Gasteiger partial charge in [0.1, 0.15) is 11.4 Å². The maximum absolute atomic E-state index is 13.7. The first-order chi connectivity index (χ1) is 8.91. The SMILES string of the molecule is CNc1cnc(-c2ccc(C(F)(F)F)nn2)c(F)c1. The van der Waals surface area contributed by atoms with Gasteiger partial charge in [-0.1, -0.05) is 0 Å². The number of aromatic nitrogens is 3. The molecule has 4 nitrogen and oxygen atoms in total. The van der Waals surface area contributed by atoms with E-state index in [1.54, 1.807) is 7.05 Å². The fraction of sp³-hybridized carbons (Fsp3) is 0.182. The molecular weight excluding hydrogens is 264 g/mol. The van der Waals surface area contributed by atoms with Crippen LogP contribution in [0.4, 0.5) is 23.2 Å². The van der Waals surface area contributed by atoms with E-state index in [9.17, 15) is 17.6 Å². The van der Waals surface area contributed by atoms with Crippen molar-refractivity contribution in [2.75, 3.05) is 12.4 Å². The van der Waals surface area contributed by atoms with Crippen molar-refractivity contribution in [1.29, 1.82) is 0 Å². The van der Waals surface area contributed by atoms with Gasteiger partial charge in [-0.2, -0.15) is 13.2 Å². The van der Waals surface area contributed by atoms with Crippen LogP contribution in [-0.4, -0.2) is 22.2 Å². The number of nitrogens with one attached hydrogen (secondary N) is 1. The van der Waals surface area contributed by atoms with Crippen molar-refractivity contribution in [3.05, 3.63) is 35.9 Å². The van der Waals surface area contributed by atoms with Gasteiger partial charge in [0, 0.05) is 13.1 Å². The van der Waals surface area contributed by atoms with Gasteiger partial charge < -0.3 is 5.32 Å². The first-order valence-electron chi connectivity index (χ1n) is 5.16. The minimum absolute atomic E-state index is 0.0619. The number of halogens is 4. The molecule has 2 heterocycles. The molecule has 0 aromatic carbocycles. The second kappa shape index (κ2) is 4.79. The second-order valence-electron chi connectivity index (χ2n) is 3.61. The molecule has 2 aromatic rings. The van der Waals surface area contributed by atoms with Gasteiger partial charge in [-0.25, -0.2) is 9.37 Å². The Bertz CT molecular complexity index is 580. The van der Waals surface area contributed by atoms with Crippen LogP contribution in [0.3, 0.4) is 0 Å². The largest absolute Gasteiger partial charge is 0.435 e. The zero-order chi connectivity index (χ0) is 14.0. The summed E-state index contributed by atoms with van der Waals surface area (Å²) in [7, 11) is 1.59. The van der Waals surface area contributed by atoms with Crippen LogP contribution in [0.25, 0.3) is 11.4 Å². The van der Waals surface area contributed by atoms with Crippen molar-refractivity contribution in [3.8, 4) is 11.4 Å². The van der Waals surface area contributed by atoms with Gasteiger partial charge in [0.25, 0.3) is 0 Å². The summed E-state index contributed by atoms with van der Waals surface area (Å²) in [5.74, 6) is -0.694. The van der Waals surface area contributed by atoms with Gasteiger partial charge in [-0.15, -0.1) is 10.2 Å². The topological polar surface area (TPSA) is 50.7 Å². The summed E-state index contributed by atoms with van der Waals surface area (Å²) in [6.07, 6.45) is -3.23. The molecule has 8 heteroatoms. The highest BCUT2D eigenvalue weighted by atomic mass is 19.4. The smallest absolute Gasteiger partial charge is 0.387 e. The average molecular weight is 272 g/mol. The second-order valence-corrected chi connectivity index (χ2v) is 3.61. The van der Waals surface area contributed by atoms with Crippen molar-refractivity contribution in [3.63, 3.8) is 0 Å². The highest BCUT2D eigenvalue weighted by molar-refractivity contribution is 5.57. The Kier molecular flexibility index (Phi) is 3.32. The van der Waals surface area contributed by atoms with Crippen molar-refractivity contribution < 1.29 is 17.6 Å². The lowest BCUT2D eigenvalue weighted by Crippen LogP contribution is -2.09. The molecule has 2 rings (SSSR count). The maximum atomic E-state index is 13.7. The fourth-order valence-corrected chi connectivity index (χ4v) is 1.37. The summed E-state index contributed by atoms with van der Waals surface area (Å²) in [6.45, 7) is 0. The molecule has 0 saturated heterocycles. The van der Waals surface area contributed by atoms with E-state index in [1.165, 1.54) is 12.3 Å². The summed E-state index contributed by atoms with van der Waals surface area (Å²) in [6, 6.07) is 2.93. The quantitative estimate of drug-likeness (QED) is 0.854. The zero-order valence-electron chi connectivity index (χ0n) is 9.66. The Hall–Kier alpha value is -2.25. The molecule has 0 aliphatic heterocycles. The summed E-state index contributed by atoms with van der Waals surface area (Å²) in [4.78, 5) is 3.79. The molecule has 2 aromatic heterocycles. The van der Waals surface area contributed by atoms with Gasteiger partial charge in [-0.3, -0.25) is 0 Å². The van der Waals surface area contributed by atoms with Crippen LogP contribution in [-0.2, 0) is 6.18 Å². The Morgan fingerprint density at radius 2 is 1.89 bits per heavy atom. The summed E-state index contributed by atoms with van der Waals surface area (Å²) in [5, 5.41) is 9.04. The fourth-order valence-electron chi connectivity index (χ4n) is 1.37. The van der Waals surface area contributed by atoms with Gasteiger partial charge in [0.15, 0.2) is 11.5 Å². The minimum atomic E-state index is -4.58. The number of anilines is 1. The molecule has 0 aliphatic rings. The molecule has 0 fully saturated rings. The van der Waals surface area contributed by atoms with E-state index in [-0.39, 0.29) is 11.4 Å². The molecule has 1 N–H and O–H groups in total. The Balaban J connectivity index is 2.37. The summed E-state index contributed by atoms with van der Waals surface area (Å²) >= 11 is 0. The van der Waals surface area contributed by atoms with Gasteiger partial charge in [-0.05, 0) is 12.1 Å². The average Bonchev–Trinajstić information content (AvgIpc) is 2.37.